The molecule has 0 unspecified atom stereocenters. The van der Waals surface area contributed by atoms with Crippen molar-refractivity contribution in [2.75, 3.05) is 20.8 Å². The number of methoxy groups -OCH3 is 2. The highest BCUT2D eigenvalue weighted by molar-refractivity contribution is 6.33. The molecule has 3 aromatic rings. The molecule has 0 aliphatic heterocycles. The molecule has 0 spiro atoms. The molecule has 0 N–H and O–H groups in total. The van der Waals surface area contributed by atoms with Crippen molar-refractivity contribution in [3.05, 3.63) is 58.9 Å². The summed E-state index contributed by atoms with van der Waals surface area (Å²) in [6.45, 7) is 4.49. The predicted octanol–water partition coefficient (Wildman–Crippen LogP) is 4.89. The Morgan fingerprint density at radius 1 is 1.16 bits per heavy atom. The van der Waals surface area contributed by atoms with Crippen LogP contribution in [0.2, 0.25) is 5.02 Å². The van der Waals surface area contributed by atoms with Gasteiger partial charge in [-0.05, 0) is 43.7 Å². The van der Waals surface area contributed by atoms with Gasteiger partial charge in [0.2, 0.25) is 11.7 Å². The second-order valence-electron chi connectivity index (χ2n) is 7.07. The molecule has 1 atom stereocenters. The van der Waals surface area contributed by atoms with Crippen LogP contribution in [0.4, 0.5) is 0 Å². The standard InChI is InChI=1S/C23H26ClN3O4/c1-5-15(2)27(23(28)17-8-6-7-9-18(17)24)13-12-21-25-22(26-31-21)16-10-11-19(29-3)20(14-16)30-4/h6-11,14-15H,5,12-13H2,1-4H3/t15-/m0/s1. The van der Waals surface area contributed by atoms with E-state index in [4.69, 9.17) is 25.6 Å². The van der Waals surface area contributed by atoms with E-state index in [1.165, 1.54) is 0 Å². The van der Waals surface area contributed by atoms with Crippen molar-refractivity contribution in [2.24, 2.45) is 0 Å². The largest absolute Gasteiger partial charge is 0.493 e. The van der Waals surface area contributed by atoms with Gasteiger partial charge in [-0.2, -0.15) is 4.98 Å². The highest BCUT2D eigenvalue weighted by atomic mass is 35.5. The van der Waals surface area contributed by atoms with E-state index in [1.807, 2.05) is 19.9 Å². The van der Waals surface area contributed by atoms with Crippen LogP contribution in [0.5, 0.6) is 11.5 Å². The van der Waals surface area contributed by atoms with Crippen LogP contribution in [0.3, 0.4) is 0 Å². The third kappa shape index (κ3) is 5.17. The summed E-state index contributed by atoms with van der Waals surface area (Å²) in [4.78, 5) is 19.4. The first-order valence-corrected chi connectivity index (χ1v) is 10.5. The van der Waals surface area contributed by atoms with E-state index < -0.39 is 0 Å². The van der Waals surface area contributed by atoms with Crippen LogP contribution in [0, 0.1) is 0 Å². The fraction of sp³-hybridized carbons (Fsp3) is 0.348. The van der Waals surface area contributed by atoms with Gasteiger partial charge in [0.15, 0.2) is 11.5 Å². The molecule has 31 heavy (non-hydrogen) atoms. The summed E-state index contributed by atoms with van der Waals surface area (Å²) in [6.07, 6.45) is 1.25. The SMILES string of the molecule is CC[C@H](C)N(CCc1nc(-c2ccc(OC)c(OC)c2)no1)C(=O)c1ccccc1Cl. The van der Waals surface area contributed by atoms with Gasteiger partial charge in [-0.15, -0.1) is 0 Å². The average molecular weight is 444 g/mol. The van der Waals surface area contributed by atoms with Crippen LogP contribution in [0.15, 0.2) is 47.0 Å². The monoisotopic (exact) mass is 443 g/mol. The third-order valence-corrected chi connectivity index (χ3v) is 5.49. The zero-order valence-corrected chi connectivity index (χ0v) is 18.8. The number of halogens is 1. The molecule has 0 radical (unpaired) electrons. The van der Waals surface area contributed by atoms with Gasteiger partial charge in [0.25, 0.3) is 5.91 Å². The van der Waals surface area contributed by atoms with Crippen LogP contribution >= 0.6 is 11.6 Å². The summed E-state index contributed by atoms with van der Waals surface area (Å²) in [5, 5.41) is 4.51. The normalized spacial score (nSPS) is 11.8. The molecule has 0 bridgehead atoms. The number of ether oxygens (including phenoxy) is 2. The Morgan fingerprint density at radius 2 is 1.90 bits per heavy atom. The summed E-state index contributed by atoms with van der Waals surface area (Å²) in [5.74, 6) is 1.99. The van der Waals surface area contributed by atoms with Crippen LogP contribution < -0.4 is 9.47 Å². The predicted molar refractivity (Wildman–Crippen MR) is 119 cm³/mol. The lowest BCUT2D eigenvalue weighted by atomic mass is 10.1. The number of nitrogens with zero attached hydrogens (tertiary/aromatic N) is 3. The molecule has 0 saturated carbocycles. The lowest BCUT2D eigenvalue weighted by molar-refractivity contribution is 0.0686. The number of rotatable bonds is 9. The van der Waals surface area contributed by atoms with E-state index in [-0.39, 0.29) is 11.9 Å². The Labute approximate surface area is 186 Å². The van der Waals surface area contributed by atoms with Gasteiger partial charge in [-0.1, -0.05) is 35.8 Å². The topological polar surface area (TPSA) is 77.7 Å². The van der Waals surface area contributed by atoms with Crippen molar-refractivity contribution in [1.82, 2.24) is 15.0 Å². The second kappa shape index (κ2) is 10.3. The molecule has 1 amide bonds. The average Bonchev–Trinajstić information content (AvgIpc) is 3.27. The van der Waals surface area contributed by atoms with Crippen LogP contribution in [0.1, 0.15) is 36.5 Å². The highest BCUT2D eigenvalue weighted by Crippen LogP contribution is 2.31. The Hall–Kier alpha value is -3.06. The van der Waals surface area contributed by atoms with Gasteiger partial charge in [0.1, 0.15) is 0 Å². The Morgan fingerprint density at radius 3 is 2.58 bits per heavy atom. The zero-order valence-electron chi connectivity index (χ0n) is 18.1. The Bertz CT molecular complexity index is 1040. The molecule has 1 aromatic heterocycles. The van der Waals surface area contributed by atoms with Gasteiger partial charge in [-0.25, -0.2) is 0 Å². The first-order valence-electron chi connectivity index (χ1n) is 10.1. The molecular weight excluding hydrogens is 418 g/mol. The van der Waals surface area contributed by atoms with E-state index in [9.17, 15) is 4.79 Å². The van der Waals surface area contributed by atoms with Gasteiger partial charge in [-0.3, -0.25) is 4.79 Å². The maximum Gasteiger partial charge on any atom is 0.255 e. The number of aromatic nitrogens is 2. The summed E-state index contributed by atoms with van der Waals surface area (Å²) in [5.41, 5.74) is 1.24. The Kier molecular flexibility index (Phi) is 7.52. The molecule has 7 nitrogen and oxygen atoms in total. The van der Waals surface area contributed by atoms with E-state index in [1.54, 1.807) is 55.5 Å². The molecule has 0 aliphatic carbocycles. The molecule has 0 fully saturated rings. The fourth-order valence-corrected chi connectivity index (χ4v) is 3.41. The van der Waals surface area contributed by atoms with Gasteiger partial charge >= 0.3 is 0 Å². The van der Waals surface area contributed by atoms with E-state index in [0.29, 0.717) is 46.8 Å². The summed E-state index contributed by atoms with van der Waals surface area (Å²) in [7, 11) is 3.15. The molecule has 8 heteroatoms. The fourth-order valence-electron chi connectivity index (χ4n) is 3.20. The van der Waals surface area contributed by atoms with E-state index in [0.717, 1.165) is 12.0 Å². The lowest BCUT2D eigenvalue weighted by Gasteiger charge is -2.28. The maximum absolute atomic E-state index is 13.1. The van der Waals surface area contributed by atoms with Crippen molar-refractivity contribution in [2.45, 2.75) is 32.7 Å². The molecule has 0 aliphatic rings. The van der Waals surface area contributed by atoms with E-state index in [2.05, 4.69) is 10.1 Å². The number of hydrogen-bond acceptors (Lipinski definition) is 6. The van der Waals surface area contributed by atoms with Crippen LogP contribution in [-0.2, 0) is 6.42 Å². The Balaban J connectivity index is 1.75. The molecule has 1 heterocycles. The van der Waals surface area contributed by atoms with Gasteiger partial charge in [0, 0.05) is 24.6 Å². The zero-order chi connectivity index (χ0) is 22.4. The highest BCUT2D eigenvalue weighted by Gasteiger charge is 2.23. The van der Waals surface area contributed by atoms with Crippen molar-refractivity contribution in [3.63, 3.8) is 0 Å². The van der Waals surface area contributed by atoms with Crippen LogP contribution in [-0.4, -0.2) is 47.8 Å². The summed E-state index contributed by atoms with van der Waals surface area (Å²) in [6, 6.07) is 12.5. The minimum absolute atomic E-state index is 0.0389. The first kappa shape index (κ1) is 22.6. The minimum atomic E-state index is -0.112. The van der Waals surface area contributed by atoms with Crippen molar-refractivity contribution < 1.29 is 18.8 Å². The maximum atomic E-state index is 13.1. The minimum Gasteiger partial charge on any atom is -0.493 e. The quantitative estimate of drug-likeness (QED) is 0.468. The number of amides is 1. The third-order valence-electron chi connectivity index (χ3n) is 5.16. The number of carbonyl (C=O) groups excluding carboxylic acids is 1. The second-order valence-corrected chi connectivity index (χ2v) is 7.47. The molecule has 0 saturated heterocycles. The van der Waals surface area contributed by atoms with E-state index >= 15 is 0 Å². The number of hydrogen-bond donors (Lipinski definition) is 0. The van der Waals surface area contributed by atoms with Crippen molar-refractivity contribution in [1.29, 1.82) is 0 Å². The smallest absolute Gasteiger partial charge is 0.255 e. The first-order chi connectivity index (χ1) is 15.0. The molecule has 3 rings (SSSR count). The van der Waals surface area contributed by atoms with Gasteiger partial charge < -0.3 is 18.9 Å². The van der Waals surface area contributed by atoms with Crippen molar-refractivity contribution >= 4 is 17.5 Å². The van der Waals surface area contributed by atoms with Gasteiger partial charge in [0.05, 0.1) is 24.8 Å². The number of benzene rings is 2. The van der Waals surface area contributed by atoms with Crippen LogP contribution in [0.25, 0.3) is 11.4 Å². The lowest BCUT2D eigenvalue weighted by Crippen LogP contribution is -2.40. The number of carbonyl (C=O) groups is 1. The van der Waals surface area contributed by atoms with Crippen molar-refractivity contribution in [3.8, 4) is 22.9 Å². The molecule has 164 valence electrons. The molecule has 2 aromatic carbocycles. The summed E-state index contributed by atoms with van der Waals surface area (Å²) < 4.78 is 16.0. The summed E-state index contributed by atoms with van der Waals surface area (Å²) >= 11 is 6.24. The molecular formula is C23H26ClN3O4.